The number of nitrogens with zero attached hydrogens (tertiary/aromatic N) is 1. The molecule has 1 fully saturated rings. The van der Waals surface area contributed by atoms with E-state index >= 15 is 0 Å². The molecule has 0 bridgehead atoms. The molecule has 1 aliphatic rings. The summed E-state index contributed by atoms with van der Waals surface area (Å²) < 4.78 is 4.76. The molecule has 2 aromatic carbocycles. The van der Waals surface area contributed by atoms with Crippen molar-refractivity contribution in [1.29, 1.82) is 0 Å². The number of methoxy groups -OCH3 is 1. The molecular formula is C23H29N3O2S. The fourth-order valence-corrected chi connectivity index (χ4v) is 3.82. The maximum Gasteiger partial charge on any atom is 0.337 e. The van der Waals surface area contributed by atoms with Crippen molar-refractivity contribution in [1.82, 2.24) is 5.32 Å². The smallest absolute Gasteiger partial charge is 0.337 e. The quantitative estimate of drug-likeness (QED) is 0.547. The predicted molar refractivity (Wildman–Crippen MR) is 123 cm³/mol. The van der Waals surface area contributed by atoms with Gasteiger partial charge in [0.15, 0.2) is 5.11 Å². The molecule has 1 heterocycles. The summed E-state index contributed by atoms with van der Waals surface area (Å²) in [6.45, 7) is 6.67. The SMILES string of the molecule is COC(=O)c1cccc(NC(=S)N[C@H](C)c2ccc(N3CCC(C)CC3)cc2)c1. The van der Waals surface area contributed by atoms with Crippen molar-refractivity contribution in [3.8, 4) is 0 Å². The monoisotopic (exact) mass is 411 g/mol. The second-order valence-electron chi connectivity index (χ2n) is 7.65. The number of benzene rings is 2. The van der Waals surface area contributed by atoms with Gasteiger partial charge in [0.2, 0.25) is 0 Å². The Balaban J connectivity index is 1.56. The number of hydrogen-bond donors (Lipinski definition) is 2. The highest BCUT2D eigenvalue weighted by molar-refractivity contribution is 7.80. The van der Waals surface area contributed by atoms with E-state index in [1.165, 1.54) is 31.2 Å². The zero-order valence-corrected chi connectivity index (χ0v) is 18.1. The van der Waals surface area contributed by atoms with Crippen LogP contribution in [0.2, 0.25) is 0 Å². The van der Waals surface area contributed by atoms with E-state index in [2.05, 4.69) is 53.6 Å². The number of ether oxygens (including phenoxy) is 1. The van der Waals surface area contributed by atoms with Gasteiger partial charge in [0.1, 0.15) is 0 Å². The van der Waals surface area contributed by atoms with Crippen LogP contribution in [0.4, 0.5) is 11.4 Å². The summed E-state index contributed by atoms with van der Waals surface area (Å²) in [5.41, 5.74) is 3.68. The summed E-state index contributed by atoms with van der Waals surface area (Å²) in [6, 6.07) is 15.9. The van der Waals surface area contributed by atoms with Gasteiger partial charge in [-0.3, -0.25) is 0 Å². The van der Waals surface area contributed by atoms with Crippen molar-refractivity contribution in [2.45, 2.75) is 32.7 Å². The lowest BCUT2D eigenvalue weighted by atomic mass is 9.98. The van der Waals surface area contributed by atoms with Crippen molar-refractivity contribution in [3.05, 3.63) is 59.7 Å². The fourth-order valence-electron chi connectivity index (χ4n) is 3.53. The van der Waals surface area contributed by atoms with Gasteiger partial charge in [0, 0.05) is 24.5 Å². The molecule has 2 N–H and O–H groups in total. The molecule has 3 rings (SSSR count). The molecular weight excluding hydrogens is 382 g/mol. The first-order valence-electron chi connectivity index (χ1n) is 10.1. The third kappa shape index (κ3) is 5.70. The van der Waals surface area contributed by atoms with E-state index in [0.717, 1.165) is 24.7 Å². The molecule has 1 atom stereocenters. The second-order valence-corrected chi connectivity index (χ2v) is 8.06. The Hall–Kier alpha value is -2.60. The van der Waals surface area contributed by atoms with E-state index in [0.29, 0.717) is 10.7 Å². The molecule has 0 aromatic heterocycles. The molecule has 5 nitrogen and oxygen atoms in total. The minimum Gasteiger partial charge on any atom is -0.465 e. The first-order chi connectivity index (χ1) is 14.0. The normalized spacial score (nSPS) is 15.5. The van der Waals surface area contributed by atoms with Crippen LogP contribution in [0.1, 0.15) is 48.7 Å². The average molecular weight is 412 g/mol. The molecule has 0 aliphatic carbocycles. The molecule has 0 spiro atoms. The summed E-state index contributed by atoms with van der Waals surface area (Å²) >= 11 is 5.44. The van der Waals surface area contributed by atoms with Gasteiger partial charge in [-0.1, -0.05) is 25.1 Å². The van der Waals surface area contributed by atoms with Gasteiger partial charge >= 0.3 is 5.97 Å². The van der Waals surface area contributed by atoms with Crippen molar-refractivity contribution in [3.63, 3.8) is 0 Å². The summed E-state index contributed by atoms with van der Waals surface area (Å²) in [4.78, 5) is 14.1. The zero-order chi connectivity index (χ0) is 20.8. The van der Waals surface area contributed by atoms with Crippen molar-refractivity contribution >= 4 is 34.7 Å². The lowest BCUT2D eigenvalue weighted by molar-refractivity contribution is 0.0601. The number of hydrogen-bond acceptors (Lipinski definition) is 4. The van der Waals surface area contributed by atoms with Crippen LogP contribution in [0, 0.1) is 5.92 Å². The predicted octanol–water partition coefficient (Wildman–Crippen LogP) is 4.76. The number of carbonyl (C=O) groups is 1. The Bertz CT molecular complexity index is 845. The van der Waals surface area contributed by atoms with Crippen LogP contribution < -0.4 is 15.5 Å². The number of anilines is 2. The van der Waals surface area contributed by atoms with E-state index in [1.807, 2.05) is 6.07 Å². The highest BCUT2D eigenvalue weighted by Gasteiger charge is 2.16. The Labute approximate surface area is 178 Å². The molecule has 1 saturated heterocycles. The number of carbonyl (C=O) groups excluding carboxylic acids is 1. The van der Waals surface area contributed by atoms with E-state index in [-0.39, 0.29) is 12.0 Å². The lowest BCUT2D eigenvalue weighted by Gasteiger charge is -2.32. The first kappa shape index (κ1) is 21.1. The summed E-state index contributed by atoms with van der Waals surface area (Å²) in [5.74, 6) is 0.459. The summed E-state index contributed by atoms with van der Waals surface area (Å²) in [7, 11) is 1.37. The standard InChI is InChI=1S/C23H29N3O2S/c1-16-11-13-26(14-12-16)21-9-7-18(8-10-21)17(2)24-23(29)25-20-6-4-5-19(15-20)22(27)28-3/h4-10,15-17H,11-14H2,1-3H3,(H2,24,25,29)/t17-/m1/s1. The highest BCUT2D eigenvalue weighted by atomic mass is 32.1. The van der Waals surface area contributed by atoms with Crippen LogP contribution in [0.3, 0.4) is 0 Å². The Morgan fingerprint density at radius 1 is 1.17 bits per heavy atom. The largest absolute Gasteiger partial charge is 0.465 e. The van der Waals surface area contributed by atoms with E-state index in [9.17, 15) is 4.79 Å². The van der Waals surface area contributed by atoms with Crippen LogP contribution in [-0.2, 0) is 4.74 Å². The number of nitrogens with one attached hydrogen (secondary N) is 2. The minimum absolute atomic E-state index is 0.0641. The summed E-state index contributed by atoms with van der Waals surface area (Å²) in [5, 5.41) is 6.94. The molecule has 2 aromatic rings. The Morgan fingerprint density at radius 2 is 1.86 bits per heavy atom. The molecule has 1 aliphatic heterocycles. The van der Waals surface area contributed by atoms with Crippen LogP contribution in [0.15, 0.2) is 48.5 Å². The fraction of sp³-hybridized carbons (Fsp3) is 0.391. The average Bonchev–Trinajstić information content (AvgIpc) is 2.74. The lowest BCUT2D eigenvalue weighted by Crippen LogP contribution is -2.33. The van der Waals surface area contributed by atoms with Gasteiger partial charge in [-0.05, 0) is 73.8 Å². The third-order valence-electron chi connectivity index (χ3n) is 5.43. The van der Waals surface area contributed by atoms with Gasteiger partial charge in [0.05, 0.1) is 18.7 Å². The molecule has 154 valence electrons. The van der Waals surface area contributed by atoms with Crippen LogP contribution in [-0.4, -0.2) is 31.3 Å². The zero-order valence-electron chi connectivity index (χ0n) is 17.3. The van der Waals surface area contributed by atoms with Gasteiger partial charge in [-0.2, -0.15) is 0 Å². The topological polar surface area (TPSA) is 53.6 Å². The van der Waals surface area contributed by atoms with Crippen LogP contribution in [0.25, 0.3) is 0 Å². The van der Waals surface area contributed by atoms with E-state index in [4.69, 9.17) is 17.0 Å². The summed E-state index contributed by atoms with van der Waals surface area (Å²) in [6.07, 6.45) is 2.52. The maximum absolute atomic E-state index is 11.7. The number of thiocarbonyl (C=S) groups is 1. The molecule has 0 amide bonds. The second kappa shape index (κ2) is 9.74. The maximum atomic E-state index is 11.7. The number of piperidine rings is 1. The molecule has 29 heavy (non-hydrogen) atoms. The Kier molecular flexibility index (Phi) is 7.09. The number of esters is 1. The van der Waals surface area contributed by atoms with Crippen molar-refractivity contribution in [2.75, 3.05) is 30.4 Å². The molecule has 6 heteroatoms. The van der Waals surface area contributed by atoms with Crippen LogP contribution >= 0.6 is 12.2 Å². The van der Waals surface area contributed by atoms with Crippen molar-refractivity contribution in [2.24, 2.45) is 5.92 Å². The van der Waals surface area contributed by atoms with Gasteiger partial charge in [-0.15, -0.1) is 0 Å². The van der Waals surface area contributed by atoms with Gasteiger partial charge in [0.25, 0.3) is 0 Å². The third-order valence-corrected chi connectivity index (χ3v) is 5.65. The minimum atomic E-state index is -0.371. The number of rotatable bonds is 5. The molecule has 0 saturated carbocycles. The van der Waals surface area contributed by atoms with Crippen molar-refractivity contribution < 1.29 is 9.53 Å². The van der Waals surface area contributed by atoms with Gasteiger partial charge in [-0.25, -0.2) is 4.79 Å². The highest BCUT2D eigenvalue weighted by Crippen LogP contribution is 2.24. The molecule has 0 unspecified atom stereocenters. The van der Waals surface area contributed by atoms with E-state index < -0.39 is 0 Å². The van der Waals surface area contributed by atoms with E-state index in [1.54, 1.807) is 18.2 Å². The molecule has 0 radical (unpaired) electrons. The Morgan fingerprint density at radius 3 is 2.52 bits per heavy atom. The van der Waals surface area contributed by atoms with Gasteiger partial charge < -0.3 is 20.3 Å². The van der Waals surface area contributed by atoms with Crippen LogP contribution in [0.5, 0.6) is 0 Å². The first-order valence-corrected chi connectivity index (χ1v) is 10.5.